The summed E-state index contributed by atoms with van der Waals surface area (Å²) in [5.74, 6) is 0.583. The molecular formula is C9H13N5O2S. The predicted molar refractivity (Wildman–Crippen MR) is 62.0 cm³/mol. The molecule has 0 amide bonds. The third kappa shape index (κ3) is 2.77. The molecule has 2 heterocycles. The minimum atomic E-state index is -3.01. The molecule has 1 atom stereocenters. The first-order chi connectivity index (χ1) is 7.97. The van der Waals surface area contributed by atoms with Crippen LogP contribution in [0.4, 0.5) is 0 Å². The van der Waals surface area contributed by atoms with E-state index in [-0.39, 0.29) is 5.75 Å². The molecular weight excluding hydrogens is 242 g/mol. The molecule has 0 aliphatic carbocycles. The molecule has 0 aliphatic heterocycles. The summed E-state index contributed by atoms with van der Waals surface area (Å²) in [6.07, 6.45) is 6.38. The van der Waals surface area contributed by atoms with Crippen LogP contribution in [0.5, 0.6) is 0 Å². The van der Waals surface area contributed by atoms with E-state index in [1.165, 1.54) is 6.26 Å². The fraction of sp³-hybridized carbons (Fsp3) is 0.444. The zero-order valence-electron chi connectivity index (χ0n) is 9.31. The van der Waals surface area contributed by atoms with E-state index in [2.05, 4.69) is 15.2 Å². The van der Waals surface area contributed by atoms with Crippen molar-refractivity contribution in [3.8, 4) is 0 Å². The minimum Gasteiger partial charge on any atom is -0.321 e. The van der Waals surface area contributed by atoms with Crippen LogP contribution in [0.3, 0.4) is 0 Å². The van der Waals surface area contributed by atoms with E-state index in [9.17, 15) is 8.42 Å². The third-order valence-electron chi connectivity index (χ3n) is 2.37. The zero-order chi connectivity index (χ0) is 12.5. The van der Waals surface area contributed by atoms with Gasteiger partial charge in [0.25, 0.3) is 0 Å². The second kappa shape index (κ2) is 4.38. The number of hydrogen-bond acceptors (Lipinski definition) is 6. The van der Waals surface area contributed by atoms with Crippen LogP contribution in [-0.2, 0) is 9.84 Å². The van der Waals surface area contributed by atoms with Crippen molar-refractivity contribution in [2.45, 2.75) is 12.5 Å². The Morgan fingerprint density at radius 1 is 1.47 bits per heavy atom. The van der Waals surface area contributed by atoms with Gasteiger partial charge in [0.2, 0.25) is 0 Å². The fourth-order valence-corrected chi connectivity index (χ4v) is 2.18. The van der Waals surface area contributed by atoms with E-state index in [4.69, 9.17) is 5.73 Å². The van der Waals surface area contributed by atoms with Crippen molar-refractivity contribution in [2.24, 2.45) is 5.73 Å². The van der Waals surface area contributed by atoms with Gasteiger partial charge in [0.15, 0.2) is 11.5 Å². The largest absolute Gasteiger partial charge is 0.321 e. The van der Waals surface area contributed by atoms with Gasteiger partial charge in [0.05, 0.1) is 18.0 Å². The highest BCUT2D eigenvalue weighted by atomic mass is 32.2. The first kappa shape index (κ1) is 11.9. The Kier molecular flexibility index (Phi) is 3.07. The van der Waals surface area contributed by atoms with Gasteiger partial charge < -0.3 is 5.73 Å². The van der Waals surface area contributed by atoms with E-state index in [1.54, 1.807) is 23.0 Å². The summed E-state index contributed by atoms with van der Waals surface area (Å²) in [4.78, 5) is 3.91. The van der Waals surface area contributed by atoms with Crippen molar-refractivity contribution < 1.29 is 8.42 Å². The van der Waals surface area contributed by atoms with Gasteiger partial charge >= 0.3 is 0 Å². The maximum atomic E-state index is 11.1. The van der Waals surface area contributed by atoms with Crippen LogP contribution < -0.4 is 5.73 Å². The molecule has 2 rings (SSSR count). The SMILES string of the molecule is CS(=O)(=O)CCC(N)c1nnc2cnccn12. The molecule has 2 aromatic heterocycles. The van der Waals surface area contributed by atoms with Gasteiger partial charge in [-0.3, -0.25) is 9.38 Å². The molecule has 0 spiro atoms. The molecule has 0 aliphatic rings. The van der Waals surface area contributed by atoms with Crippen LogP contribution >= 0.6 is 0 Å². The summed E-state index contributed by atoms with van der Waals surface area (Å²) in [5.41, 5.74) is 6.50. The lowest BCUT2D eigenvalue weighted by molar-refractivity contribution is 0.585. The fourth-order valence-electron chi connectivity index (χ4n) is 1.49. The summed E-state index contributed by atoms with van der Waals surface area (Å²) >= 11 is 0. The van der Waals surface area contributed by atoms with Crippen LogP contribution in [-0.4, -0.2) is 40.0 Å². The predicted octanol–water partition coefficient (Wildman–Crippen LogP) is -0.441. The molecule has 0 aromatic carbocycles. The smallest absolute Gasteiger partial charge is 0.179 e. The van der Waals surface area contributed by atoms with Gasteiger partial charge in [-0.15, -0.1) is 10.2 Å². The second-order valence-corrected chi connectivity index (χ2v) is 6.15. The van der Waals surface area contributed by atoms with E-state index < -0.39 is 15.9 Å². The topological polar surface area (TPSA) is 103 Å². The van der Waals surface area contributed by atoms with Gasteiger partial charge in [0, 0.05) is 18.6 Å². The summed E-state index contributed by atoms with van der Waals surface area (Å²) in [6, 6.07) is -0.456. The molecule has 2 aromatic rings. The van der Waals surface area contributed by atoms with Crippen molar-refractivity contribution >= 4 is 15.5 Å². The number of rotatable bonds is 4. The quantitative estimate of drug-likeness (QED) is 0.794. The monoisotopic (exact) mass is 255 g/mol. The number of nitrogens with two attached hydrogens (primary N) is 1. The van der Waals surface area contributed by atoms with Crippen molar-refractivity contribution in [3.05, 3.63) is 24.4 Å². The molecule has 0 saturated heterocycles. The van der Waals surface area contributed by atoms with Gasteiger partial charge in [-0.2, -0.15) is 0 Å². The van der Waals surface area contributed by atoms with E-state index in [0.29, 0.717) is 17.9 Å². The van der Waals surface area contributed by atoms with Crippen molar-refractivity contribution in [1.82, 2.24) is 19.6 Å². The molecule has 2 N–H and O–H groups in total. The number of aromatic nitrogens is 4. The summed E-state index contributed by atoms with van der Waals surface area (Å²) in [5, 5.41) is 7.85. The molecule has 7 nitrogen and oxygen atoms in total. The minimum absolute atomic E-state index is 0.0359. The first-order valence-electron chi connectivity index (χ1n) is 5.05. The highest BCUT2D eigenvalue weighted by Crippen LogP contribution is 2.13. The molecule has 1 unspecified atom stereocenters. The van der Waals surface area contributed by atoms with Gasteiger partial charge in [0.1, 0.15) is 9.84 Å². The van der Waals surface area contributed by atoms with Crippen molar-refractivity contribution in [1.29, 1.82) is 0 Å². The maximum Gasteiger partial charge on any atom is 0.179 e. The third-order valence-corrected chi connectivity index (χ3v) is 3.35. The summed E-state index contributed by atoms with van der Waals surface area (Å²) in [6.45, 7) is 0. The average molecular weight is 255 g/mol. The molecule has 0 saturated carbocycles. The number of nitrogens with zero attached hydrogens (tertiary/aromatic N) is 4. The van der Waals surface area contributed by atoms with Crippen LogP contribution in [0, 0.1) is 0 Å². The Balaban J connectivity index is 2.22. The van der Waals surface area contributed by atoms with E-state index in [0.717, 1.165) is 0 Å². The highest BCUT2D eigenvalue weighted by Gasteiger charge is 2.15. The van der Waals surface area contributed by atoms with Crippen LogP contribution in [0.2, 0.25) is 0 Å². The lowest BCUT2D eigenvalue weighted by Crippen LogP contribution is -2.18. The molecule has 0 bridgehead atoms. The van der Waals surface area contributed by atoms with Gasteiger partial charge in [-0.1, -0.05) is 0 Å². The molecule has 92 valence electrons. The van der Waals surface area contributed by atoms with Gasteiger partial charge in [-0.25, -0.2) is 8.42 Å². The van der Waals surface area contributed by atoms with Gasteiger partial charge in [-0.05, 0) is 6.42 Å². The average Bonchev–Trinajstić information content (AvgIpc) is 2.68. The Hall–Kier alpha value is -1.54. The van der Waals surface area contributed by atoms with Crippen molar-refractivity contribution in [3.63, 3.8) is 0 Å². The summed E-state index contributed by atoms with van der Waals surface area (Å²) < 4.78 is 23.8. The normalized spacial score (nSPS) is 14.0. The van der Waals surface area contributed by atoms with E-state index >= 15 is 0 Å². The maximum absolute atomic E-state index is 11.1. The number of sulfone groups is 1. The lowest BCUT2D eigenvalue weighted by atomic mass is 10.2. The Bertz CT molecular complexity index is 621. The molecule has 0 fully saturated rings. The van der Waals surface area contributed by atoms with Crippen LogP contribution in [0.25, 0.3) is 5.65 Å². The Morgan fingerprint density at radius 2 is 2.24 bits per heavy atom. The Morgan fingerprint density at radius 3 is 2.94 bits per heavy atom. The highest BCUT2D eigenvalue weighted by molar-refractivity contribution is 7.90. The zero-order valence-corrected chi connectivity index (χ0v) is 10.1. The lowest BCUT2D eigenvalue weighted by Gasteiger charge is -2.08. The number of fused-ring (bicyclic) bond motifs is 1. The molecule has 0 radical (unpaired) electrons. The van der Waals surface area contributed by atoms with Crippen LogP contribution in [0.15, 0.2) is 18.6 Å². The molecule has 17 heavy (non-hydrogen) atoms. The second-order valence-electron chi connectivity index (χ2n) is 3.89. The number of hydrogen-bond donors (Lipinski definition) is 1. The molecule has 8 heteroatoms. The van der Waals surface area contributed by atoms with Crippen molar-refractivity contribution in [2.75, 3.05) is 12.0 Å². The standard InChI is InChI=1S/C9H13N5O2S/c1-17(15,16)5-2-7(10)9-13-12-8-6-11-3-4-14(8)9/h3-4,6-7H,2,5,10H2,1H3. The first-order valence-corrected chi connectivity index (χ1v) is 7.11. The Labute approximate surface area is 98.6 Å². The van der Waals surface area contributed by atoms with Crippen LogP contribution in [0.1, 0.15) is 18.3 Å². The summed E-state index contributed by atoms with van der Waals surface area (Å²) in [7, 11) is -3.01. The van der Waals surface area contributed by atoms with E-state index in [1.807, 2.05) is 0 Å².